The number of hydrogen-bond acceptors (Lipinski definition) is 3. The van der Waals surface area contributed by atoms with Crippen LogP contribution < -0.4 is 15.4 Å². The van der Waals surface area contributed by atoms with E-state index in [-0.39, 0.29) is 5.91 Å². The van der Waals surface area contributed by atoms with Crippen molar-refractivity contribution in [3.05, 3.63) is 83.9 Å². The monoisotopic (exact) mass is 346 g/mol. The molecule has 2 N–H and O–H groups in total. The fourth-order valence-electron chi connectivity index (χ4n) is 2.64. The van der Waals surface area contributed by atoms with Gasteiger partial charge in [0, 0.05) is 11.4 Å². The Morgan fingerprint density at radius 2 is 1.54 bits per heavy atom. The second-order valence-corrected chi connectivity index (χ2v) is 6.11. The molecule has 0 heterocycles. The molecule has 0 aliphatic rings. The Morgan fingerprint density at radius 3 is 2.23 bits per heavy atom. The molecular weight excluding hydrogens is 324 g/mol. The zero-order valence-corrected chi connectivity index (χ0v) is 15.0. The molecule has 26 heavy (non-hydrogen) atoms. The lowest BCUT2D eigenvalue weighted by molar-refractivity contribution is -0.115. The first kappa shape index (κ1) is 17.5. The number of methoxy groups -OCH3 is 1. The molecule has 3 aromatic rings. The van der Waals surface area contributed by atoms with Crippen LogP contribution in [0, 0.1) is 6.92 Å². The van der Waals surface area contributed by atoms with Gasteiger partial charge in [-0.05, 0) is 48.9 Å². The lowest BCUT2D eigenvalue weighted by Crippen LogP contribution is -2.14. The summed E-state index contributed by atoms with van der Waals surface area (Å²) in [7, 11) is 1.65. The third-order valence-electron chi connectivity index (χ3n) is 4.04. The second-order valence-electron chi connectivity index (χ2n) is 6.11. The number of amides is 1. The van der Waals surface area contributed by atoms with Crippen molar-refractivity contribution in [2.45, 2.75) is 13.3 Å². The summed E-state index contributed by atoms with van der Waals surface area (Å²) < 4.78 is 5.34. The van der Waals surface area contributed by atoms with Crippen molar-refractivity contribution < 1.29 is 9.53 Å². The first-order valence-electron chi connectivity index (χ1n) is 8.49. The Morgan fingerprint density at radius 1 is 0.885 bits per heavy atom. The van der Waals surface area contributed by atoms with Crippen LogP contribution >= 0.6 is 0 Å². The summed E-state index contributed by atoms with van der Waals surface area (Å²) in [4.78, 5) is 12.2. The molecule has 0 aliphatic heterocycles. The zero-order chi connectivity index (χ0) is 18.4. The third kappa shape index (κ3) is 4.63. The summed E-state index contributed by atoms with van der Waals surface area (Å²) in [6, 6.07) is 23.3. The van der Waals surface area contributed by atoms with Crippen molar-refractivity contribution >= 4 is 23.0 Å². The number of para-hydroxylation sites is 2. The van der Waals surface area contributed by atoms with E-state index in [1.165, 1.54) is 5.56 Å². The number of rotatable bonds is 6. The largest absolute Gasteiger partial charge is 0.495 e. The normalized spacial score (nSPS) is 10.2. The standard InChI is InChI=1S/C22H22N2O2/c1-16-7-9-17(10-8-16)15-22(25)24-19-13-11-18(12-14-19)23-20-5-3-4-6-21(20)26-2/h3-14,23H,15H2,1-2H3,(H,24,25). The van der Waals surface area contributed by atoms with E-state index in [1.807, 2.05) is 79.7 Å². The Labute approximate surface area is 153 Å². The van der Waals surface area contributed by atoms with Gasteiger partial charge in [0.2, 0.25) is 5.91 Å². The average Bonchev–Trinajstić information content (AvgIpc) is 2.65. The fourth-order valence-corrected chi connectivity index (χ4v) is 2.64. The maximum absolute atomic E-state index is 12.2. The number of carbonyl (C=O) groups is 1. The fraction of sp³-hybridized carbons (Fsp3) is 0.136. The number of ether oxygens (including phenoxy) is 1. The average molecular weight is 346 g/mol. The van der Waals surface area contributed by atoms with E-state index < -0.39 is 0 Å². The van der Waals surface area contributed by atoms with Gasteiger partial charge in [0.25, 0.3) is 0 Å². The van der Waals surface area contributed by atoms with Crippen LogP contribution in [0.3, 0.4) is 0 Å². The summed E-state index contributed by atoms with van der Waals surface area (Å²) in [6.45, 7) is 2.03. The Hall–Kier alpha value is -3.27. The summed E-state index contributed by atoms with van der Waals surface area (Å²) in [5, 5.41) is 6.24. The van der Waals surface area contributed by atoms with Crippen LogP contribution in [0.5, 0.6) is 5.75 Å². The minimum Gasteiger partial charge on any atom is -0.495 e. The highest BCUT2D eigenvalue weighted by atomic mass is 16.5. The van der Waals surface area contributed by atoms with E-state index in [0.717, 1.165) is 28.4 Å². The van der Waals surface area contributed by atoms with Crippen molar-refractivity contribution in [1.29, 1.82) is 0 Å². The number of nitrogens with one attached hydrogen (secondary N) is 2. The highest BCUT2D eigenvalue weighted by Gasteiger charge is 2.05. The van der Waals surface area contributed by atoms with E-state index in [2.05, 4.69) is 10.6 Å². The quantitative estimate of drug-likeness (QED) is 0.665. The molecule has 0 aliphatic carbocycles. The third-order valence-corrected chi connectivity index (χ3v) is 4.04. The summed E-state index contributed by atoms with van der Waals surface area (Å²) in [6.07, 6.45) is 0.363. The predicted octanol–water partition coefficient (Wildman–Crippen LogP) is 4.93. The van der Waals surface area contributed by atoms with Crippen molar-refractivity contribution in [2.24, 2.45) is 0 Å². The molecule has 0 saturated carbocycles. The van der Waals surface area contributed by atoms with E-state index in [1.54, 1.807) is 7.11 Å². The Balaban J connectivity index is 1.60. The Kier molecular flexibility index (Phi) is 5.54. The summed E-state index contributed by atoms with van der Waals surface area (Å²) in [5.74, 6) is 0.752. The number of anilines is 3. The molecule has 4 heteroatoms. The van der Waals surface area contributed by atoms with Crippen molar-refractivity contribution in [2.75, 3.05) is 17.7 Å². The van der Waals surface area contributed by atoms with Crippen LogP contribution in [0.2, 0.25) is 0 Å². The minimum absolute atomic E-state index is 0.0284. The highest BCUT2D eigenvalue weighted by Crippen LogP contribution is 2.27. The number of aryl methyl sites for hydroxylation is 1. The van der Waals surface area contributed by atoms with Gasteiger partial charge >= 0.3 is 0 Å². The van der Waals surface area contributed by atoms with Gasteiger partial charge < -0.3 is 15.4 Å². The van der Waals surface area contributed by atoms with Gasteiger partial charge in [0.05, 0.1) is 19.2 Å². The molecule has 0 saturated heterocycles. The molecule has 0 fully saturated rings. The smallest absolute Gasteiger partial charge is 0.228 e. The SMILES string of the molecule is COc1ccccc1Nc1ccc(NC(=O)Cc2ccc(C)cc2)cc1. The lowest BCUT2D eigenvalue weighted by Gasteiger charge is -2.11. The number of benzene rings is 3. The maximum Gasteiger partial charge on any atom is 0.228 e. The van der Waals surface area contributed by atoms with E-state index >= 15 is 0 Å². The van der Waals surface area contributed by atoms with E-state index in [4.69, 9.17) is 4.74 Å². The minimum atomic E-state index is -0.0284. The molecule has 0 aromatic heterocycles. The molecule has 0 unspecified atom stereocenters. The summed E-state index contributed by atoms with van der Waals surface area (Å²) in [5.41, 5.74) is 4.78. The number of hydrogen-bond donors (Lipinski definition) is 2. The van der Waals surface area contributed by atoms with Crippen LogP contribution in [0.15, 0.2) is 72.8 Å². The molecule has 0 spiro atoms. The van der Waals surface area contributed by atoms with Gasteiger partial charge in [-0.3, -0.25) is 4.79 Å². The second kappa shape index (κ2) is 8.21. The first-order valence-corrected chi connectivity index (χ1v) is 8.49. The Bertz CT molecular complexity index is 871. The van der Waals surface area contributed by atoms with Gasteiger partial charge in [-0.2, -0.15) is 0 Å². The molecule has 4 nitrogen and oxygen atoms in total. The summed E-state index contributed by atoms with van der Waals surface area (Å²) >= 11 is 0. The highest BCUT2D eigenvalue weighted by molar-refractivity contribution is 5.92. The van der Waals surface area contributed by atoms with Gasteiger partial charge in [-0.15, -0.1) is 0 Å². The van der Waals surface area contributed by atoms with Crippen molar-refractivity contribution in [3.63, 3.8) is 0 Å². The zero-order valence-electron chi connectivity index (χ0n) is 15.0. The molecule has 132 valence electrons. The maximum atomic E-state index is 12.2. The predicted molar refractivity (Wildman–Crippen MR) is 106 cm³/mol. The van der Waals surface area contributed by atoms with Gasteiger partial charge in [0.15, 0.2) is 0 Å². The van der Waals surface area contributed by atoms with Gasteiger partial charge in [0.1, 0.15) is 5.75 Å². The van der Waals surface area contributed by atoms with Gasteiger partial charge in [-0.1, -0.05) is 42.0 Å². The molecule has 0 bridgehead atoms. The van der Waals surface area contributed by atoms with E-state index in [0.29, 0.717) is 6.42 Å². The number of carbonyl (C=O) groups excluding carboxylic acids is 1. The molecule has 0 radical (unpaired) electrons. The first-order chi connectivity index (χ1) is 12.6. The topological polar surface area (TPSA) is 50.4 Å². The molecule has 0 atom stereocenters. The lowest BCUT2D eigenvalue weighted by atomic mass is 10.1. The van der Waals surface area contributed by atoms with Crippen molar-refractivity contribution in [3.8, 4) is 5.75 Å². The van der Waals surface area contributed by atoms with Crippen LogP contribution in [-0.2, 0) is 11.2 Å². The molecule has 1 amide bonds. The van der Waals surface area contributed by atoms with Crippen LogP contribution in [0.4, 0.5) is 17.1 Å². The van der Waals surface area contributed by atoms with Crippen molar-refractivity contribution in [1.82, 2.24) is 0 Å². The van der Waals surface area contributed by atoms with E-state index in [9.17, 15) is 4.79 Å². The molecule has 3 rings (SSSR count). The molecule has 3 aromatic carbocycles. The van der Waals surface area contributed by atoms with Crippen LogP contribution in [-0.4, -0.2) is 13.0 Å². The van der Waals surface area contributed by atoms with Crippen LogP contribution in [0.1, 0.15) is 11.1 Å². The van der Waals surface area contributed by atoms with Crippen LogP contribution in [0.25, 0.3) is 0 Å². The van der Waals surface area contributed by atoms with Gasteiger partial charge in [-0.25, -0.2) is 0 Å². The molecular formula is C22H22N2O2.